The fourth-order valence-corrected chi connectivity index (χ4v) is 3.21. The molecule has 2 rings (SSSR count). The molecule has 1 aromatic rings. The summed E-state index contributed by atoms with van der Waals surface area (Å²) in [5, 5.41) is 6.71. The zero-order valence-corrected chi connectivity index (χ0v) is 17.6. The van der Waals surface area contributed by atoms with Gasteiger partial charge < -0.3 is 29.7 Å². The first-order chi connectivity index (χ1) is 13.8. The SMILES string of the molecule is CCNC(=NCC1CCN(c2cccc(OC)c2)C1)NCCCOCCOC. The molecule has 1 aliphatic heterocycles. The number of hydrogen-bond donors (Lipinski definition) is 2. The lowest BCUT2D eigenvalue weighted by Crippen LogP contribution is -2.38. The van der Waals surface area contributed by atoms with Crippen LogP contribution in [-0.4, -0.2) is 72.7 Å². The second-order valence-corrected chi connectivity index (χ2v) is 6.91. The van der Waals surface area contributed by atoms with Gasteiger partial charge in [-0.2, -0.15) is 0 Å². The third-order valence-electron chi connectivity index (χ3n) is 4.75. The van der Waals surface area contributed by atoms with Gasteiger partial charge in [0.1, 0.15) is 5.75 Å². The van der Waals surface area contributed by atoms with Gasteiger partial charge >= 0.3 is 0 Å². The Balaban J connectivity index is 1.73. The molecule has 1 heterocycles. The van der Waals surface area contributed by atoms with Gasteiger partial charge in [-0.1, -0.05) is 6.07 Å². The molecule has 1 unspecified atom stereocenters. The molecule has 7 heteroatoms. The second kappa shape index (κ2) is 13.2. The van der Waals surface area contributed by atoms with Crippen molar-refractivity contribution >= 4 is 11.6 Å². The molecule has 1 atom stereocenters. The number of anilines is 1. The van der Waals surface area contributed by atoms with Crippen LogP contribution in [-0.2, 0) is 9.47 Å². The first-order valence-corrected chi connectivity index (χ1v) is 10.2. The van der Waals surface area contributed by atoms with E-state index in [0.717, 1.165) is 63.9 Å². The highest BCUT2D eigenvalue weighted by Gasteiger charge is 2.22. The molecule has 1 aliphatic rings. The van der Waals surface area contributed by atoms with Crippen LogP contribution in [0, 0.1) is 5.92 Å². The van der Waals surface area contributed by atoms with Gasteiger partial charge in [-0.25, -0.2) is 0 Å². The van der Waals surface area contributed by atoms with Gasteiger partial charge in [-0.05, 0) is 37.8 Å². The second-order valence-electron chi connectivity index (χ2n) is 6.91. The predicted octanol–water partition coefficient (Wildman–Crippen LogP) is 2.13. The van der Waals surface area contributed by atoms with E-state index in [1.54, 1.807) is 14.2 Å². The lowest BCUT2D eigenvalue weighted by Gasteiger charge is -2.19. The number of methoxy groups -OCH3 is 2. The van der Waals surface area contributed by atoms with Gasteiger partial charge in [0, 0.05) is 58.2 Å². The van der Waals surface area contributed by atoms with E-state index in [1.165, 1.54) is 5.69 Å². The highest BCUT2D eigenvalue weighted by molar-refractivity contribution is 5.79. The summed E-state index contributed by atoms with van der Waals surface area (Å²) in [4.78, 5) is 7.20. The molecule has 0 amide bonds. The van der Waals surface area contributed by atoms with Crippen molar-refractivity contribution in [1.29, 1.82) is 0 Å². The van der Waals surface area contributed by atoms with Gasteiger partial charge in [0.2, 0.25) is 0 Å². The average molecular weight is 393 g/mol. The summed E-state index contributed by atoms with van der Waals surface area (Å²) in [7, 11) is 3.39. The zero-order valence-electron chi connectivity index (χ0n) is 17.6. The standard InChI is InChI=1S/C21H36N4O3/c1-4-22-21(23-10-6-12-28-14-13-26-2)24-16-18-9-11-25(17-18)19-7-5-8-20(15-19)27-3/h5,7-8,15,18H,4,6,9-14,16-17H2,1-3H3,(H2,22,23,24). The molecule has 0 aliphatic carbocycles. The Morgan fingerprint density at radius 2 is 2.11 bits per heavy atom. The number of rotatable bonds is 12. The number of aliphatic imine (C=N–C) groups is 1. The van der Waals surface area contributed by atoms with E-state index in [0.29, 0.717) is 19.1 Å². The summed E-state index contributed by atoms with van der Waals surface area (Å²) < 4.78 is 15.8. The van der Waals surface area contributed by atoms with Crippen LogP contribution >= 0.6 is 0 Å². The molecule has 0 aromatic heterocycles. The maximum absolute atomic E-state index is 5.49. The van der Waals surface area contributed by atoms with Crippen LogP contribution in [0.4, 0.5) is 5.69 Å². The monoisotopic (exact) mass is 392 g/mol. The predicted molar refractivity (Wildman–Crippen MR) is 115 cm³/mol. The first-order valence-electron chi connectivity index (χ1n) is 10.2. The molecule has 0 saturated carbocycles. The van der Waals surface area contributed by atoms with Crippen LogP contribution < -0.4 is 20.3 Å². The van der Waals surface area contributed by atoms with Crippen molar-refractivity contribution in [2.45, 2.75) is 19.8 Å². The number of benzene rings is 1. The molecular formula is C21H36N4O3. The smallest absolute Gasteiger partial charge is 0.191 e. The Morgan fingerprint density at radius 1 is 1.21 bits per heavy atom. The van der Waals surface area contributed by atoms with E-state index < -0.39 is 0 Å². The van der Waals surface area contributed by atoms with Gasteiger partial charge in [-0.15, -0.1) is 0 Å². The summed E-state index contributed by atoms with van der Waals surface area (Å²) in [5.74, 6) is 2.36. The molecule has 158 valence electrons. The number of nitrogens with one attached hydrogen (secondary N) is 2. The lowest BCUT2D eigenvalue weighted by atomic mass is 10.1. The minimum Gasteiger partial charge on any atom is -0.497 e. The highest BCUT2D eigenvalue weighted by Crippen LogP contribution is 2.26. The lowest BCUT2D eigenvalue weighted by molar-refractivity contribution is 0.0698. The van der Waals surface area contributed by atoms with Crippen LogP contribution in [0.1, 0.15) is 19.8 Å². The van der Waals surface area contributed by atoms with E-state index in [-0.39, 0.29) is 0 Å². The molecule has 0 spiro atoms. The fraction of sp³-hybridized carbons (Fsp3) is 0.667. The van der Waals surface area contributed by atoms with Crippen LogP contribution in [0.2, 0.25) is 0 Å². The van der Waals surface area contributed by atoms with E-state index >= 15 is 0 Å². The number of nitrogens with zero attached hydrogens (tertiary/aromatic N) is 2. The molecule has 1 saturated heterocycles. The Kier molecular flexibility index (Phi) is 10.5. The van der Waals surface area contributed by atoms with Crippen molar-refractivity contribution in [1.82, 2.24) is 10.6 Å². The maximum Gasteiger partial charge on any atom is 0.191 e. The quantitative estimate of drug-likeness (QED) is 0.323. The van der Waals surface area contributed by atoms with E-state index in [4.69, 9.17) is 19.2 Å². The number of guanidine groups is 1. The van der Waals surface area contributed by atoms with Crippen molar-refractivity contribution in [3.8, 4) is 5.75 Å². The Morgan fingerprint density at radius 3 is 2.89 bits per heavy atom. The van der Waals surface area contributed by atoms with Gasteiger partial charge in [-0.3, -0.25) is 4.99 Å². The van der Waals surface area contributed by atoms with E-state index in [2.05, 4.69) is 34.6 Å². The van der Waals surface area contributed by atoms with Crippen molar-refractivity contribution in [2.75, 3.05) is 71.7 Å². The van der Waals surface area contributed by atoms with Gasteiger partial charge in [0.25, 0.3) is 0 Å². The summed E-state index contributed by atoms with van der Waals surface area (Å²) >= 11 is 0. The highest BCUT2D eigenvalue weighted by atomic mass is 16.5. The molecule has 0 bridgehead atoms. The van der Waals surface area contributed by atoms with Crippen LogP contribution in [0.25, 0.3) is 0 Å². The molecular weight excluding hydrogens is 356 g/mol. The maximum atomic E-state index is 5.49. The minimum atomic E-state index is 0.569. The fourth-order valence-electron chi connectivity index (χ4n) is 3.21. The summed E-state index contributed by atoms with van der Waals surface area (Å²) in [5.41, 5.74) is 1.23. The molecule has 1 aromatic carbocycles. The van der Waals surface area contributed by atoms with Crippen molar-refractivity contribution in [3.05, 3.63) is 24.3 Å². The summed E-state index contributed by atoms with van der Waals surface area (Å²) in [6.45, 7) is 8.75. The third-order valence-corrected chi connectivity index (χ3v) is 4.75. The Bertz CT molecular complexity index is 583. The van der Waals surface area contributed by atoms with Crippen molar-refractivity contribution in [3.63, 3.8) is 0 Å². The molecule has 2 N–H and O–H groups in total. The van der Waals surface area contributed by atoms with Crippen LogP contribution in [0.15, 0.2) is 29.3 Å². The van der Waals surface area contributed by atoms with Gasteiger partial charge in [0.15, 0.2) is 5.96 Å². The van der Waals surface area contributed by atoms with Crippen molar-refractivity contribution < 1.29 is 14.2 Å². The third kappa shape index (κ3) is 7.94. The van der Waals surface area contributed by atoms with Crippen molar-refractivity contribution in [2.24, 2.45) is 10.9 Å². The molecule has 28 heavy (non-hydrogen) atoms. The molecule has 7 nitrogen and oxygen atoms in total. The average Bonchev–Trinajstić information content (AvgIpc) is 3.20. The Hall–Kier alpha value is -1.99. The summed E-state index contributed by atoms with van der Waals surface area (Å²) in [6.07, 6.45) is 2.11. The summed E-state index contributed by atoms with van der Waals surface area (Å²) in [6, 6.07) is 8.28. The largest absolute Gasteiger partial charge is 0.497 e. The van der Waals surface area contributed by atoms with Crippen LogP contribution in [0.5, 0.6) is 5.75 Å². The Labute approximate surface area is 169 Å². The minimum absolute atomic E-state index is 0.569. The van der Waals surface area contributed by atoms with Crippen LogP contribution in [0.3, 0.4) is 0 Å². The first kappa shape index (κ1) is 22.3. The zero-order chi connectivity index (χ0) is 20.0. The molecule has 0 radical (unpaired) electrons. The van der Waals surface area contributed by atoms with E-state index in [9.17, 15) is 0 Å². The molecule has 1 fully saturated rings. The van der Waals surface area contributed by atoms with E-state index in [1.807, 2.05) is 12.1 Å². The normalized spacial score (nSPS) is 17.0. The topological polar surface area (TPSA) is 67.4 Å². The van der Waals surface area contributed by atoms with Gasteiger partial charge in [0.05, 0.1) is 20.3 Å². The number of hydrogen-bond acceptors (Lipinski definition) is 5. The number of ether oxygens (including phenoxy) is 3.